The van der Waals surface area contributed by atoms with Gasteiger partial charge in [-0.05, 0) is 26.0 Å². The summed E-state index contributed by atoms with van der Waals surface area (Å²) in [4.78, 5) is 11.6. The highest BCUT2D eigenvalue weighted by atomic mass is 35.5. The molecule has 0 aliphatic rings. The second kappa shape index (κ2) is 6.45. The number of carbonyl (C=O) groups excluding carboxylic acids is 1. The molecule has 0 bridgehead atoms. The predicted octanol–water partition coefficient (Wildman–Crippen LogP) is 1.63. The molecule has 0 saturated carbocycles. The van der Waals surface area contributed by atoms with Crippen LogP contribution >= 0.6 is 12.4 Å². The van der Waals surface area contributed by atoms with Crippen molar-refractivity contribution in [1.82, 2.24) is 5.32 Å². The van der Waals surface area contributed by atoms with Crippen LogP contribution in [0.1, 0.15) is 22.8 Å². The van der Waals surface area contributed by atoms with Crippen LogP contribution in [-0.4, -0.2) is 18.5 Å². The van der Waals surface area contributed by atoms with E-state index in [0.29, 0.717) is 6.54 Å². The second-order valence-electron chi connectivity index (χ2n) is 3.59. The zero-order chi connectivity index (χ0) is 11.4. The molecule has 0 saturated heterocycles. The highest BCUT2D eigenvalue weighted by Gasteiger charge is 2.13. The third kappa shape index (κ3) is 3.79. The number of rotatable bonds is 3. The van der Waals surface area contributed by atoms with Gasteiger partial charge in [0.2, 0.25) is 0 Å². The maximum atomic E-state index is 13.3. The Morgan fingerprint density at radius 3 is 2.75 bits per heavy atom. The molecule has 16 heavy (non-hydrogen) atoms. The van der Waals surface area contributed by atoms with Crippen molar-refractivity contribution in [3.05, 3.63) is 35.1 Å². The first-order valence-electron chi connectivity index (χ1n) is 4.81. The van der Waals surface area contributed by atoms with E-state index in [0.717, 1.165) is 5.56 Å². The van der Waals surface area contributed by atoms with Gasteiger partial charge in [0.25, 0.3) is 5.91 Å². The Bertz CT molecular complexity index is 371. The molecular weight excluding hydrogens is 231 g/mol. The minimum Gasteiger partial charge on any atom is -0.348 e. The number of nitrogens with two attached hydrogens (primary N) is 1. The Labute approximate surface area is 101 Å². The molecule has 0 aliphatic carbocycles. The van der Waals surface area contributed by atoms with Crippen molar-refractivity contribution in [3.8, 4) is 0 Å². The van der Waals surface area contributed by atoms with E-state index in [1.54, 1.807) is 13.0 Å². The number of aryl methyl sites for hydroxylation is 1. The number of hydrogen-bond acceptors (Lipinski definition) is 2. The number of hydrogen-bond donors (Lipinski definition) is 2. The van der Waals surface area contributed by atoms with Crippen LogP contribution in [0, 0.1) is 12.7 Å². The van der Waals surface area contributed by atoms with Gasteiger partial charge in [-0.1, -0.05) is 11.6 Å². The summed E-state index contributed by atoms with van der Waals surface area (Å²) in [7, 11) is 0. The summed E-state index contributed by atoms with van der Waals surface area (Å²) < 4.78 is 13.3. The van der Waals surface area contributed by atoms with Crippen LogP contribution in [0.2, 0.25) is 0 Å². The van der Waals surface area contributed by atoms with Crippen molar-refractivity contribution < 1.29 is 9.18 Å². The molecular formula is C11H16ClFN2O. The molecule has 5 heteroatoms. The average molecular weight is 247 g/mol. The third-order valence-electron chi connectivity index (χ3n) is 2.10. The number of halogens is 2. The number of carbonyl (C=O) groups is 1. The lowest BCUT2D eigenvalue weighted by atomic mass is 10.1. The molecule has 1 amide bonds. The minimum atomic E-state index is -0.512. The standard InChI is InChI=1S/C11H15FN2O.ClH/c1-7-3-4-10(12)9(5-7)11(15)14-8(2)6-13;/h3-5,8H,6,13H2,1-2H3,(H,14,15);1H/t8-;/m1./s1. The molecule has 0 spiro atoms. The largest absolute Gasteiger partial charge is 0.348 e. The molecule has 3 N–H and O–H groups in total. The van der Waals surface area contributed by atoms with Crippen LogP contribution in [-0.2, 0) is 0 Å². The predicted molar refractivity (Wildman–Crippen MR) is 64.4 cm³/mol. The monoisotopic (exact) mass is 246 g/mol. The van der Waals surface area contributed by atoms with Crippen molar-refractivity contribution in [2.24, 2.45) is 5.73 Å². The molecule has 1 rings (SSSR count). The van der Waals surface area contributed by atoms with Crippen molar-refractivity contribution >= 4 is 18.3 Å². The van der Waals surface area contributed by atoms with Crippen LogP contribution in [0.4, 0.5) is 4.39 Å². The summed E-state index contributed by atoms with van der Waals surface area (Å²) in [5.74, 6) is -0.934. The quantitative estimate of drug-likeness (QED) is 0.852. The first kappa shape index (κ1) is 14.9. The topological polar surface area (TPSA) is 55.1 Å². The van der Waals surface area contributed by atoms with Crippen LogP contribution < -0.4 is 11.1 Å². The Balaban J connectivity index is 0.00000225. The summed E-state index contributed by atoms with van der Waals surface area (Å²) >= 11 is 0. The molecule has 1 aromatic carbocycles. The summed E-state index contributed by atoms with van der Waals surface area (Å²) in [6.45, 7) is 3.91. The van der Waals surface area contributed by atoms with E-state index in [1.807, 2.05) is 6.92 Å². The fraction of sp³-hybridized carbons (Fsp3) is 0.364. The lowest BCUT2D eigenvalue weighted by molar-refractivity contribution is 0.0937. The Hall–Kier alpha value is -1.13. The van der Waals surface area contributed by atoms with Crippen molar-refractivity contribution in [2.75, 3.05) is 6.54 Å². The molecule has 0 radical (unpaired) electrons. The fourth-order valence-electron chi connectivity index (χ4n) is 1.17. The van der Waals surface area contributed by atoms with Gasteiger partial charge in [-0.15, -0.1) is 12.4 Å². The van der Waals surface area contributed by atoms with E-state index < -0.39 is 11.7 Å². The molecule has 1 aromatic rings. The molecule has 0 aliphatic heterocycles. The number of amides is 1. The average Bonchev–Trinajstić information content (AvgIpc) is 2.21. The minimum absolute atomic E-state index is 0. The maximum Gasteiger partial charge on any atom is 0.254 e. The van der Waals surface area contributed by atoms with Gasteiger partial charge < -0.3 is 11.1 Å². The highest BCUT2D eigenvalue weighted by molar-refractivity contribution is 5.94. The smallest absolute Gasteiger partial charge is 0.254 e. The zero-order valence-electron chi connectivity index (χ0n) is 9.29. The first-order chi connectivity index (χ1) is 7.04. The van der Waals surface area contributed by atoms with E-state index >= 15 is 0 Å². The van der Waals surface area contributed by atoms with Gasteiger partial charge in [0, 0.05) is 12.6 Å². The van der Waals surface area contributed by atoms with Crippen molar-refractivity contribution in [1.29, 1.82) is 0 Å². The molecule has 0 unspecified atom stereocenters. The van der Waals surface area contributed by atoms with E-state index in [-0.39, 0.29) is 24.0 Å². The highest BCUT2D eigenvalue weighted by Crippen LogP contribution is 2.09. The van der Waals surface area contributed by atoms with Gasteiger partial charge in [0.05, 0.1) is 5.56 Å². The lowest BCUT2D eigenvalue weighted by Gasteiger charge is -2.11. The molecule has 0 aromatic heterocycles. The van der Waals surface area contributed by atoms with Crippen LogP contribution in [0.3, 0.4) is 0 Å². The molecule has 3 nitrogen and oxygen atoms in total. The fourth-order valence-corrected chi connectivity index (χ4v) is 1.17. The van der Waals surface area contributed by atoms with Gasteiger partial charge in [-0.2, -0.15) is 0 Å². The number of benzene rings is 1. The summed E-state index contributed by atoms with van der Waals surface area (Å²) in [6, 6.07) is 4.28. The summed E-state index contributed by atoms with van der Waals surface area (Å²) in [5, 5.41) is 2.61. The van der Waals surface area contributed by atoms with Gasteiger partial charge in [0.15, 0.2) is 0 Å². The van der Waals surface area contributed by atoms with Gasteiger partial charge in [-0.25, -0.2) is 4.39 Å². The van der Waals surface area contributed by atoms with Crippen LogP contribution in [0.15, 0.2) is 18.2 Å². The van der Waals surface area contributed by atoms with E-state index in [4.69, 9.17) is 5.73 Å². The summed E-state index contributed by atoms with van der Waals surface area (Å²) in [6.07, 6.45) is 0. The Kier molecular flexibility index (Phi) is 6.00. The van der Waals surface area contributed by atoms with Gasteiger partial charge >= 0.3 is 0 Å². The van der Waals surface area contributed by atoms with Gasteiger partial charge in [0.1, 0.15) is 5.82 Å². The second-order valence-corrected chi connectivity index (χ2v) is 3.59. The normalized spacial score (nSPS) is 11.5. The van der Waals surface area contributed by atoms with Crippen LogP contribution in [0.5, 0.6) is 0 Å². The molecule has 0 fully saturated rings. The maximum absolute atomic E-state index is 13.3. The van der Waals surface area contributed by atoms with Gasteiger partial charge in [-0.3, -0.25) is 4.79 Å². The van der Waals surface area contributed by atoms with Crippen LogP contribution in [0.25, 0.3) is 0 Å². The SMILES string of the molecule is Cc1ccc(F)c(C(=O)N[C@H](C)CN)c1.Cl. The Morgan fingerprint density at radius 2 is 2.19 bits per heavy atom. The van der Waals surface area contributed by atoms with Crippen molar-refractivity contribution in [2.45, 2.75) is 19.9 Å². The number of nitrogens with one attached hydrogen (secondary N) is 1. The molecule has 0 heterocycles. The lowest BCUT2D eigenvalue weighted by Crippen LogP contribution is -2.38. The Morgan fingerprint density at radius 1 is 1.56 bits per heavy atom. The van der Waals surface area contributed by atoms with Crippen molar-refractivity contribution in [3.63, 3.8) is 0 Å². The van der Waals surface area contributed by atoms with E-state index in [9.17, 15) is 9.18 Å². The third-order valence-corrected chi connectivity index (χ3v) is 2.10. The zero-order valence-corrected chi connectivity index (χ0v) is 10.1. The first-order valence-corrected chi connectivity index (χ1v) is 4.81. The summed E-state index contributed by atoms with van der Waals surface area (Å²) in [5.41, 5.74) is 6.27. The molecule has 90 valence electrons. The van der Waals surface area contributed by atoms with E-state index in [1.165, 1.54) is 12.1 Å². The molecule has 1 atom stereocenters. The van der Waals surface area contributed by atoms with E-state index in [2.05, 4.69) is 5.32 Å².